The zero-order valence-corrected chi connectivity index (χ0v) is 20.9. The van der Waals surface area contributed by atoms with E-state index in [4.69, 9.17) is 4.74 Å². The van der Waals surface area contributed by atoms with Gasteiger partial charge in [0.05, 0.1) is 25.6 Å². The van der Waals surface area contributed by atoms with Crippen LogP contribution in [-0.2, 0) is 11.2 Å². The van der Waals surface area contributed by atoms with Crippen LogP contribution in [0.15, 0.2) is 67.1 Å². The van der Waals surface area contributed by atoms with Crippen LogP contribution in [-0.4, -0.2) is 75.6 Å². The van der Waals surface area contributed by atoms with Gasteiger partial charge in [-0.2, -0.15) is 0 Å². The minimum atomic E-state index is -0.400. The summed E-state index contributed by atoms with van der Waals surface area (Å²) < 4.78 is 6.32. The average Bonchev–Trinajstić information content (AvgIpc) is 2.91. The van der Waals surface area contributed by atoms with Crippen molar-refractivity contribution in [2.24, 2.45) is 5.92 Å². The van der Waals surface area contributed by atoms with Gasteiger partial charge in [0.15, 0.2) is 0 Å². The van der Waals surface area contributed by atoms with Gasteiger partial charge >= 0.3 is 0 Å². The van der Waals surface area contributed by atoms with E-state index in [2.05, 4.69) is 9.97 Å². The number of fused-ring (bicyclic) bond motifs is 1. The summed E-state index contributed by atoms with van der Waals surface area (Å²) in [6, 6.07) is 14.8. The van der Waals surface area contributed by atoms with Crippen molar-refractivity contribution in [3.8, 4) is 17.0 Å². The van der Waals surface area contributed by atoms with Crippen molar-refractivity contribution in [3.05, 3.63) is 78.2 Å². The van der Waals surface area contributed by atoms with Gasteiger partial charge in [0.25, 0.3) is 5.91 Å². The van der Waals surface area contributed by atoms with Crippen molar-refractivity contribution in [2.45, 2.75) is 32.4 Å². The topological polar surface area (TPSA) is 95.9 Å². The van der Waals surface area contributed by atoms with E-state index >= 15 is 0 Å². The first-order valence-electron chi connectivity index (χ1n) is 12.1. The van der Waals surface area contributed by atoms with E-state index in [1.165, 1.54) is 0 Å². The van der Waals surface area contributed by atoms with Crippen molar-refractivity contribution < 1.29 is 19.4 Å². The molecule has 8 nitrogen and oxygen atoms in total. The number of aliphatic hydroxyl groups excluding tert-OH is 1. The van der Waals surface area contributed by atoms with Crippen LogP contribution in [0.4, 0.5) is 0 Å². The maximum absolute atomic E-state index is 13.6. The van der Waals surface area contributed by atoms with Gasteiger partial charge in [0, 0.05) is 43.7 Å². The lowest BCUT2D eigenvalue weighted by molar-refractivity contribution is -0.130. The standard InChI is InChI=1S/C28H32N4O4/c1-19-16-32(20(2)18-33)28(35)24-13-23(22-9-5-4-6-10-22)15-30-27(24)36-25(19)17-31(3)26(34)12-21-8-7-11-29-14-21/h4-11,13-15,19-20,25,33H,12,16-18H2,1-3H3/t19-,20-,25+/m0/s1. The molecule has 188 valence electrons. The molecule has 1 aliphatic heterocycles. The minimum Gasteiger partial charge on any atom is -0.472 e. The molecule has 1 aliphatic rings. The van der Waals surface area contributed by atoms with E-state index in [1.807, 2.05) is 56.3 Å². The Bertz CT molecular complexity index is 1190. The number of likely N-dealkylation sites (N-methyl/N-ethyl adjacent to an activating group) is 1. The van der Waals surface area contributed by atoms with Gasteiger partial charge < -0.3 is 19.6 Å². The molecule has 4 rings (SSSR count). The summed E-state index contributed by atoms with van der Waals surface area (Å²) in [5.74, 6) is -0.159. The third kappa shape index (κ3) is 5.71. The number of amides is 2. The van der Waals surface area contributed by atoms with Gasteiger partial charge in [-0.05, 0) is 30.2 Å². The molecule has 0 saturated heterocycles. The molecule has 0 spiro atoms. The molecule has 1 aromatic carbocycles. The van der Waals surface area contributed by atoms with E-state index in [9.17, 15) is 14.7 Å². The number of hydrogen-bond acceptors (Lipinski definition) is 6. The molecule has 3 aromatic rings. The van der Waals surface area contributed by atoms with E-state index < -0.39 is 6.10 Å². The normalized spacial score (nSPS) is 18.4. The summed E-state index contributed by atoms with van der Waals surface area (Å²) in [4.78, 5) is 38.4. The quantitative estimate of drug-likeness (QED) is 0.549. The van der Waals surface area contributed by atoms with Crippen molar-refractivity contribution >= 4 is 11.8 Å². The number of hydrogen-bond donors (Lipinski definition) is 1. The monoisotopic (exact) mass is 488 g/mol. The highest BCUT2D eigenvalue weighted by Crippen LogP contribution is 2.30. The van der Waals surface area contributed by atoms with Gasteiger partial charge in [0.1, 0.15) is 11.7 Å². The molecule has 2 aromatic heterocycles. The largest absolute Gasteiger partial charge is 0.472 e. The second-order valence-electron chi connectivity index (χ2n) is 9.38. The number of nitrogens with zero attached hydrogens (tertiary/aromatic N) is 4. The molecule has 0 saturated carbocycles. The third-order valence-electron chi connectivity index (χ3n) is 6.59. The smallest absolute Gasteiger partial charge is 0.259 e. The number of aliphatic hydroxyl groups is 1. The molecule has 0 fully saturated rings. The molecule has 36 heavy (non-hydrogen) atoms. The maximum Gasteiger partial charge on any atom is 0.259 e. The number of rotatable bonds is 7. The summed E-state index contributed by atoms with van der Waals surface area (Å²) in [7, 11) is 1.75. The van der Waals surface area contributed by atoms with E-state index in [0.717, 1.165) is 16.7 Å². The third-order valence-corrected chi connectivity index (χ3v) is 6.59. The van der Waals surface area contributed by atoms with Crippen LogP contribution in [0, 0.1) is 5.92 Å². The lowest BCUT2D eigenvalue weighted by Crippen LogP contribution is -2.50. The van der Waals surface area contributed by atoms with Crippen molar-refractivity contribution in [1.29, 1.82) is 0 Å². The first kappa shape index (κ1) is 25.3. The van der Waals surface area contributed by atoms with Crippen LogP contribution in [0.3, 0.4) is 0 Å². The fourth-order valence-corrected chi connectivity index (χ4v) is 4.29. The summed E-state index contributed by atoms with van der Waals surface area (Å²) in [5.41, 5.74) is 2.93. The van der Waals surface area contributed by atoms with E-state index in [1.54, 1.807) is 41.5 Å². The van der Waals surface area contributed by atoms with Crippen LogP contribution >= 0.6 is 0 Å². The average molecular weight is 489 g/mol. The van der Waals surface area contributed by atoms with Gasteiger partial charge in [-0.25, -0.2) is 4.98 Å². The zero-order chi connectivity index (χ0) is 25.7. The first-order valence-corrected chi connectivity index (χ1v) is 12.1. The van der Waals surface area contributed by atoms with Gasteiger partial charge in [-0.1, -0.05) is 43.3 Å². The molecule has 8 heteroatoms. The number of benzene rings is 1. The van der Waals surface area contributed by atoms with E-state index in [-0.39, 0.29) is 42.7 Å². The van der Waals surface area contributed by atoms with E-state index in [0.29, 0.717) is 18.7 Å². The van der Waals surface area contributed by atoms with Gasteiger partial charge in [0.2, 0.25) is 11.8 Å². The fourth-order valence-electron chi connectivity index (χ4n) is 4.29. The van der Waals surface area contributed by atoms with Crippen molar-refractivity contribution in [1.82, 2.24) is 19.8 Å². The molecule has 3 atom stereocenters. The highest BCUT2D eigenvalue weighted by Gasteiger charge is 2.34. The number of carbonyl (C=O) groups excluding carboxylic acids is 2. The van der Waals surface area contributed by atoms with Crippen LogP contribution in [0.25, 0.3) is 11.1 Å². The Morgan fingerprint density at radius 2 is 1.97 bits per heavy atom. The predicted octanol–water partition coefficient (Wildman–Crippen LogP) is 3.06. The Hall–Kier alpha value is -3.78. The molecule has 3 heterocycles. The summed E-state index contributed by atoms with van der Waals surface area (Å²) in [5, 5.41) is 9.86. The van der Waals surface area contributed by atoms with Crippen LogP contribution in [0.1, 0.15) is 29.8 Å². The molecular weight excluding hydrogens is 456 g/mol. The highest BCUT2D eigenvalue weighted by molar-refractivity contribution is 5.98. The Balaban J connectivity index is 1.62. The SMILES string of the molecule is C[C@H]1CN([C@@H](C)CO)C(=O)c2cc(-c3ccccc3)cnc2O[C@@H]1CN(C)C(=O)Cc1cccnc1. The first-order chi connectivity index (χ1) is 17.4. The summed E-state index contributed by atoms with van der Waals surface area (Å²) in [6.45, 7) is 4.36. The summed E-state index contributed by atoms with van der Waals surface area (Å²) >= 11 is 0. The number of ether oxygens (including phenoxy) is 1. The molecule has 0 unspecified atom stereocenters. The molecule has 1 N–H and O–H groups in total. The Morgan fingerprint density at radius 1 is 1.19 bits per heavy atom. The van der Waals surface area contributed by atoms with Crippen molar-refractivity contribution in [3.63, 3.8) is 0 Å². The van der Waals surface area contributed by atoms with Crippen LogP contribution < -0.4 is 4.74 Å². The second kappa shape index (κ2) is 11.3. The number of aromatic nitrogens is 2. The summed E-state index contributed by atoms with van der Waals surface area (Å²) in [6.07, 6.45) is 4.90. The minimum absolute atomic E-state index is 0.0508. The maximum atomic E-state index is 13.6. The van der Waals surface area contributed by atoms with Crippen LogP contribution in [0.5, 0.6) is 5.88 Å². The lowest BCUT2D eigenvalue weighted by atomic mass is 9.99. The van der Waals surface area contributed by atoms with Gasteiger partial charge in [-0.15, -0.1) is 0 Å². The number of carbonyl (C=O) groups is 2. The number of pyridine rings is 2. The fraction of sp³-hybridized carbons (Fsp3) is 0.357. The van der Waals surface area contributed by atoms with Gasteiger partial charge in [-0.3, -0.25) is 14.6 Å². The molecule has 0 bridgehead atoms. The molecular formula is C28H32N4O4. The second-order valence-corrected chi connectivity index (χ2v) is 9.38. The lowest BCUT2D eigenvalue weighted by Gasteiger charge is -2.37. The van der Waals surface area contributed by atoms with Crippen LogP contribution in [0.2, 0.25) is 0 Å². The predicted molar refractivity (Wildman–Crippen MR) is 136 cm³/mol. The van der Waals surface area contributed by atoms with Crippen molar-refractivity contribution in [2.75, 3.05) is 26.7 Å². The molecule has 0 radical (unpaired) electrons. The molecule has 0 aliphatic carbocycles. The Morgan fingerprint density at radius 3 is 2.67 bits per heavy atom. The highest BCUT2D eigenvalue weighted by atomic mass is 16.5. The Kier molecular flexibility index (Phi) is 7.95. The molecule has 2 amide bonds. The Labute approximate surface area is 211 Å². The zero-order valence-electron chi connectivity index (χ0n) is 20.9.